The molecule has 0 saturated heterocycles. The molecule has 51 heavy (non-hydrogen) atoms. The number of rotatable bonds is 4. The fourth-order valence-corrected chi connectivity index (χ4v) is 6.54. The van der Waals surface area contributed by atoms with Crippen molar-refractivity contribution in [2.75, 3.05) is 0 Å². The van der Waals surface area contributed by atoms with Gasteiger partial charge in [0, 0.05) is 0 Å². The van der Waals surface area contributed by atoms with Gasteiger partial charge in [0.15, 0.2) is 0 Å². The van der Waals surface area contributed by atoms with Gasteiger partial charge in [-0.15, -0.1) is 87.8 Å². The number of hydrogen-bond acceptors (Lipinski definition) is 0. The molecule has 0 N–H and O–H groups in total. The number of hydrogen-bond donors (Lipinski definition) is 0. The predicted octanol–water partition coefficient (Wildman–Crippen LogP) is 14.7. The summed E-state index contributed by atoms with van der Waals surface area (Å²) in [5.74, 6) is 0.573. The molecule has 0 aliphatic heterocycles. The second kappa shape index (κ2) is 20.3. The van der Waals surface area contributed by atoms with Gasteiger partial charge < -0.3 is 14.9 Å². The second-order valence-corrected chi connectivity index (χ2v) is 15.3. The van der Waals surface area contributed by atoms with Gasteiger partial charge in [-0.05, 0) is 52.3 Å². The van der Waals surface area contributed by atoms with E-state index in [1.165, 1.54) is 101 Å². The van der Waals surface area contributed by atoms with Crippen LogP contribution in [0.5, 0.6) is 0 Å². The molecule has 0 spiro atoms. The van der Waals surface area contributed by atoms with Gasteiger partial charge in [-0.1, -0.05) is 146 Å². The van der Waals surface area contributed by atoms with Gasteiger partial charge in [0.25, 0.3) is 0 Å². The van der Waals surface area contributed by atoms with Crippen molar-refractivity contribution in [2.45, 2.75) is 99.3 Å². The molecule has 0 fully saturated rings. The Morgan fingerprint density at radius 1 is 0.647 bits per heavy atom. The monoisotopic (exact) mass is 812 g/mol. The second-order valence-electron chi connectivity index (χ2n) is 15.3. The molecule has 0 bridgehead atoms. The Balaban J connectivity index is 0.000000870. The summed E-state index contributed by atoms with van der Waals surface area (Å²) in [4.78, 5) is 0. The zero-order valence-corrected chi connectivity index (χ0v) is 38.4. The number of benzene rings is 4. The van der Waals surface area contributed by atoms with Crippen molar-refractivity contribution < 1.29 is 23.3 Å². The van der Waals surface area contributed by atoms with E-state index in [9.17, 15) is 0 Å². The van der Waals surface area contributed by atoms with Crippen molar-refractivity contribution in [3.05, 3.63) is 145 Å². The van der Waals surface area contributed by atoms with Crippen LogP contribution in [0, 0.1) is 28.7 Å². The normalized spacial score (nSPS) is 10.8. The summed E-state index contributed by atoms with van der Waals surface area (Å²) in [5.41, 5.74) is 14.2. The average Bonchev–Trinajstić information content (AvgIpc) is 3.64. The van der Waals surface area contributed by atoms with E-state index in [4.69, 9.17) is 0 Å². The zero-order chi connectivity index (χ0) is 34.7. The van der Waals surface area contributed by atoms with Crippen molar-refractivity contribution >= 4 is 53.2 Å². The third kappa shape index (κ3) is 11.4. The molecule has 6 aromatic carbocycles. The van der Waals surface area contributed by atoms with Crippen LogP contribution < -0.4 is 0 Å². The number of fused-ring (bicyclic) bond motifs is 2. The zero-order valence-electron chi connectivity index (χ0n) is 33.3. The van der Waals surface area contributed by atoms with Gasteiger partial charge in [-0.3, -0.25) is 0 Å². The van der Waals surface area contributed by atoms with Gasteiger partial charge in [-0.25, -0.2) is 0 Å². The van der Waals surface area contributed by atoms with Crippen molar-refractivity contribution in [3.8, 4) is 22.3 Å². The maximum absolute atomic E-state index is 3.06. The molecule has 4 heteroatoms. The molecule has 274 valence electrons. The van der Waals surface area contributed by atoms with E-state index >= 15 is 0 Å². The van der Waals surface area contributed by atoms with E-state index in [1.807, 2.05) is 0 Å². The van der Waals surface area contributed by atoms with Gasteiger partial charge >= 0.3 is 30.2 Å². The van der Waals surface area contributed by atoms with Gasteiger partial charge in [0.1, 0.15) is 0 Å². The van der Waals surface area contributed by atoms with Gasteiger partial charge in [-0.2, -0.15) is 12.1 Å². The van der Waals surface area contributed by atoms with E-state index in [-0.39, 0.29) is 50.5 Å². The van der Waals surface area contributed by atoms with Gasteiger partial charge in [0.05, 0.1) is 0 Å². The van der Waals surface area contributed by atoms with E-state index < -0.39 is 0 Å². The summed E-state index contributed by atoms with van der Waals surface area (Å²) in [5, 5.41) is 5.48. The number of aryl methyl sites for hydroxylation is 2. The Morgan fingerprint density at radius 2 is 1.16 bits per heavy atom. The first kappa shape index (κ1) is 48.8. The SMILES string of the molecule is CC(C)c1cc2c(-c3ccc(C(C)(C)C)cc3)cccc2[cH-]1.CCc1cc2[cH-]c(C)cc2c(-c2ccc(C(C)(C)C)cc2)c1C.Cl.Cl.[CH3-].[CH3-].[Si]=[Zr]. The molecule has 0 unspecified atom stereocenters. The summed E-state index contributed by atoms with van der Waals surface area (Å²) >= 11 is 1.36. The van der Waals surface area contributed by atoms with Crippen molar-refractivity contribution in [1.82, 2.24) is 0 Å². The molecule has 2 radical (unpaired) electrons. The molecule has 6 aromatic rings. The summed E-state index contributed by atoms with van der Waals surface area (Å²) < 4.78 is 0. The summed E-state index contributed by atoms with van der Waals surface area (Å²) in [6, 6.07) is 36.5. The van der Waals surface area contributed by atoms with E-state index in [0.717, 1.165) is 6.42 Å². The molecule has 0 nitrogen and oxygen atoms in total. The Hall–Kier alpha value is -2.22. The van der Waals surface area contributed by atoms with E-state index in [0.29, 0.717) is 5.92 Å². The van der Waals surface area contributed by atoms with E-state index in [1.54, 1.807) is 0 Å². The average molecular weight is 815 g/mol. The summed E-state index contributed by atoms with van der Waals surface area (Å²) in [6.07, 6.45) is 1.08. The fraction of sp³-hybridized carbons (Fsp3) is 0.319. The Morgan fingerprint density at radius 3 is 1.63 bits per heavy atom. The summed E-state index contributed by atoms with van der Waals surface area (Å²) in [7, 11) is 0. The van der Waals surface area contributed by atoms with Crippen LogP contribution in [-0.2, 0) is 40.6 Å². The molecule has 0 aliphatic carbocycles. The first-order valence-electron chi connectivity index (χ1n) is 17.0. The van der Waals surface area contributed by atoms with Crippen molar-refractivity contribution in [3.63, 3.8) is 0 Å². The molecule has 0 saturated carbocycles. The quantitative estimate of drug-likeness (QED) is 0.123. The molecule has 0 heterocycles. The third-order valence-corrected chi connectivity index (χ3v) is 9.44. The molecule has 0 aromatic heterocycles. The van der Waals surface area contributed by atoms with Crippen LogP contribution in [0.4, 0.5) is 0 Å². The summed E-state index contributed by atoms with van der Waals surface area (Å²) in [6.45, 7) is 27.9. The number of halogens is 2. The van der Waals surface area contributed by atoms with Crippen LogP contribution in [0.25, 0.3) is 43.8 Å². The van der Waals surface area contributed by atoms with Crippen LogP contribution in [0.15, 0.2) is 97.1 Å². The van der Waals surface area contributed by atoms with Crippen LogP contribution in [0.3, 0.4) is 0 Å². The first-order valence-corrected chi connectivity index (χ1v) is 21.2. The predicted molar refractivity (Wildman–Crippen MR) is 233 cm³/mol. The molecular formula is C47H60Cl2SiZr-4. The van der Waals surface area contributed by atoms with Crippen LogP contribution >= 0.6 is 24.8 Å². The Kier molecular flexibility index (Phi) is 19.4. The molecule has 6 rings (SSSR count). The fourth-order valence-electron chi connectivity index (χ4n) is 6.54. The van der Waals surface area contributed by atoms with Crippen LogP contribution in [0.1, 0.15) is 102 Å². The van der Waals surface area contributed by atoms with Crippen LogP contribution in [-0.4, -0.2) is 6.88 Å². The minimum atomic E-state index is 0. The minimum absolute atomic E-state index is 0. The van der Waals surface area contributed by atoms with Crippen molar-refractivity contribution in [2.24, 2.45) is 0 Å². The maximum atomic E-state index is 3.06. The Labute approximate surface area is 341 Å². The third-order valence-electron chi connectivity index (χ3n) is 9.44. The standard InChI is InChI=1S/C23H27.C22H25.2CH3.2ClH.Si.Zr/c1-7-17-14-19-12-15(2)13-21(19)22(16(17)3)18-8-10-20(11-9-18)23(4,5)6;1-15(2)18-13-17-7-6-8-20(21(17)14-18)16-9-11-19(12-10-16)22(3,4)5;;;;;;/h8-14H,7H2,1-6H3;6-15H,1-5H3;2*1H3;2*1H;;/q4*-1;;;;. The van der Waals surface area contributed by atoms with Crippen molar-refractivity contribution in [1.29, 1.82) is 0 Å². The molecule has 0 aliphatic rings. The Bertz CT molecular complexity index is 1940. The first-order chi connectivity index (χ1) is 22.2. The van der Waals surface area contributed by atoms with Crippen LogP contribution in [0.2, 0.25) is 0 Å². The van der Waals surface area contributed by atoms with E-state index in [2.05, 4.69) is 180 Å². The molecule has 0 atom stereocenters. The molecular weight excluding hydrogens is 755 g/mol. The van der Waals surface area contributed by atoms with Gasteiger partial charge in [0.2, 0.25) is 0 Å². The topological polar surface area (TPSA) is 0 Å². The molecule has 0 amide bonds.